The van der Waals surface area contributed by atoms with E-state index in [1.807, 2.05) is 50.2 Å². The summed E-state index contributed by atoms with van der Waals surface area (Å²) >= 11 is 3.45. The molecule has 1 unspecified atom stereocenters. The minimum absolute atomic E-state index is 0.684. The molecule has 2 aromatic rings. The Morgan fingerprint density at radius 1 is 1.42 bits per heavy atom. The van der Waals surface area contributed by atoms with Crippen LogP contribution in [0.1, 0.15) is 24.3 Å². The van der Waals surface area contributed by atoms with E-state index in [0.29, 0.717) is 0 Å². The molecule has 0 bridgehead atoms. The van der Waals surface area contributed by atoms with Gasteiger partial charge in [-0.25, -0.2) is 0 Å². The van der Waals surface area contributed by atoms with Gasteiger partial charge in [-0.15, -0.1) is 0 Å². The van der Waals surface area contributed by atoms with Crippen molar-refractivity contribution in [2.24, 2.45) is 0 Å². The van der Waals surface area contributed by atoms with Gasteiger partial charge in [0.25, 0.3) is 0 Å². The molecule has 0 amide bonds. The van der Waals surface area contributed by atoms with Crippen molar-refractivity contribution < 1.29 is 5.11 Å². The van der Waals surface area contributed by atoms with Crippen molar-refractivity contribution >= 4 is 21.6 Å². The Morgan fingerprint density at radius 3 is 2.79 bits per heavy atom. The molecule has 0 aliphatic carbocycles. The quantitative estimate of drug-likeness (QED) is 0.940. The van der Waals surface area contributed by atoms with E-state index in [1.165, 1.54) is 0 Å². The van der Waals surface area contributed by atoms with Crippen LogP contribution in [0.15, 0.2) is 34.9 Å². The fraction of sp³-hybridized carbons (Fsp3) is 0.357. The van der Waals surface area contributed by atoms with E-state index in [0.717, 1.165) is 28.0 Å². The second-order valence-corrected chi connectivity index (χ2v) is 5.44. The van der Waals surface area contributed by atoms with E-state index in [2.05, 4.69) is 21.0 Å². The molecular weight excluding hydrogens is 306 g/mol. The Kier molecular flexibility index (Phi) is 4.27. The third kappa shape index (κ3) is 2.82. The average molecular weight is 324 g/mol. The van der Waals surface area contributed by atoms with Crippen LogP contribution in [0.25, 0.3) is 0 Å². The number of aryl methyl sites for hydroxylation is 1. The zero-order chi connectivity index (χ0) is 14.0. The van der Waals surface area contributed by atoms with Crippen molar-refractivity contribution in [2.75, 3.05) is 19.0 Å². The third-order valence-electron chi connectivity index (χ3n) is 3.09. The molecule has 102 valence electrons. The Bertz CT molecular complexity index is 566. The number of rotatable bonds is 4. The summed E-state index contributed by atoms with van der Waals surface area (Å²) in [6, 6.07) is 7.89. The minimum atomic E-state index is -0.684. The van der Waals surface area contributed by atoms with Gasteiger partial charge in [-0.3, -0.25) is 4.68 Å². The summed E-state index contributed by atoms with van der Waals surface area (Å²) in [5, 5.41) is 14.8. The van der Waals surface area contributed by atoms with Gasteiger partial charge in [-0.05, 0) is 40.5 Å². The summed E-state index contributed by atoms with van der Waals surface area (Å²) in [6.45, 7) is 2.73. The van der Waals surface area contributed by atoms with Crippen molar-refractivity contribution in [2.45, 2.75) is 19.6 Å². The molecule has 1 N–H and O–H groups in total. The Morgan fingerprint density at radius 2 is 2.16 bits per heavy atom. The molecule has 0 fully saturated rings. The van der Waals surface area contributed by atoms with E-state index in [9.17, 15) is 5.11 Å². The lowest BCUT2D eigenvalue weighted by Gasteiger charge is -2.17. The normalized spacial score (nSPS) is 12.5. The maximum absolute atomic E-state index is 10.6. The number of halogens is 1. The number of aliphatic hydroxyl groups is 1. The molecular formula is C14H18BrN3O. The first-order valence-electron chi connectivity index (χ1n) is 6.21. The lowest BCUT2D eigenvalue weighted by atomic mass is 10.1. The summed E-state index contributed by atoms with van der Waals surface area (Å²) in [7, 11) is 3.97. The summed E-state index contributed by atoms with van der Waals surface area (Å²) < 4.78 is 2.63. The van der Waals surface area contributed by atoms with Gasteiger partial charge >= 0.3 is 0 Å². The topological polar surface area (TPSA) is 41.3 Å². The molecule has 1 aromatic heterocycles. The monoisotopic (exact) mass is 323 g/mol. The predicted molar refractivity (Wildman–Crippen MR) is 80.4 cm³/mol. The van der Waals surface area contributed by atoms with E-state index in [1.54, 1.807) is 10.9 Å². The number of benzene rings is 1. The first-order valence-corrected chi connectivity index (χ1v) is 7.00. The minimum Gasteiger partial charge on any atom is -0.382 e. The molecule has 0 aliphatic heterocycles. The summed E-state index contributed by atoms with van der Waals surface area (Å²) in [5.41, 5.74) is 2.72. The predicted octanol–water partition coefficient (Wildman–Crippen LogP) is 2.81. The number of hydrogen-bond donors (Lipinski definition) is 1. The van der Waals surface area contributed by atoms with Crippen LogP contribution in [0.3, 0.4) is 0 Å². The fourth-order valence-electron chi connectivity index (χ4n) is 2.03. The number of hydrogen-bond acceptors (Lipinski definition) is 3. The van der Waals surface area contributed by atoms with Gasteiger partial charge in [0, 0.05) is 26.3 Å². The molecule has 1 aromatic carbocycles. The van der Waals surface area contributed by atoms with Crippen LogP contribution in [0.2, 0.25) is 0 Å². The Balaban J connectivity index is 2.41. The van der Waals surface area contributed by atoms with Crippen molar-refractivity contribution in [3.8, 4) is 0 Å². The Labute approximate surface area is 121 Å². The van der Waals surface area contributed by atoms with Gasteiger partial charge < -0.3 is 10.0 Å². The number of nitrogens with zero attached hydrogens (tertiary/aromatic N) is 3. The van der Waals surface area contributed by atoms with Gasteiger partial charge in [-0.2, -0.15) is 5.10 Å². The molecule has 2 rings (SSSR count). The lowest BCUT2D eigenvalue weighted by molar-refractivity contribution is 0.207. The maximum atomic E-state index is 10.6. The molecule has 0 spiro atoms. The van der Waals surface area contributed by atoms with Crippen LogP contribution < -0.4 is 4.90 Å². The van der Waals surface area contributed by atoms with Gasteiger partial charge in [0.05, 0.1) is 16.4 Å². The van der Waals surface area contributed by atoms with E-state index in [-0.39, 0.29) is 0 Å². The van der Waals surface area contributed by atoms with E-state index < -0.39 is 6.10 Å². The van der Waals surface area contributed by atoms with Gasteiger partial charge in [0.1, 0.15) is 6.10 Å². The molecule has 0 saturated carbocycles. The van der Waals surface area contributed by atoms with Crippen molar-refractivity contribution in [1.82, 2.24) is 9.78 Å². The average Bonchev–Trinajstić information content (AvgIpc) is 2.79. The van der Waals surface area contributed by atoms with Crippen LogP contribution in [0, 0.1) is 0 Å². The van der Waals surface area contributed by atoms with Crippen LogP contribution in [-0.2, 0) is 6.54 Å². The molecule has 0 aliphatic rings. The zero-order valence-corrected chi connectivity index (χ0v) is 12.9. The molecule has 0 radical (unpaired) electrons. The highest BCUT2D eigenvalue weighted by Crippen LogP contribution is 2.30. The largest absolute Gasteiger partial charge is 0.382 e. The molecule has 19 heavy (non-hydrogen) atoms. The molecule has 0 saturated heterocycles. The SMILES string of the molecule is CCn1ncc(Br)c1C(O)c1cccc(N(C)C)c1. The van der Waals surface area contributed by atoms with E-state index in [4.69, 9.17) is 0 Å². The summed E-state index contributed by atoms with van der Waals surface area (Å²) in [6.07, 6.45) is 1.04. The molecule has 1 heterocycles. The lowest BCUT2D eigenvalue weighted by Crippen LogP contribution is -2.12. The number of aliphatic hydroxyl groups excluding tert-OH is 1. The second-order valence-electron chi connectivity index (χ2n) is 4.59. The first kappa shape index (κ1) is 14.1. The number of aromatic nitrogens is 2. The second kappa shape index (κ2) is 5.75. The zero-order valence-electron chi connectivity index (χ0n) is 11.3. The van der Waals surface area contributed by atoms with Crippen LogP contribution in [0.4, 0.5) is 5.69 Å². The standard InChI is InChI=1S/C14H18BrN3O/c1-4-18-13(12(15)9-16-18)14(19)10-6-5-7-11(8-10)17(2)3/h5-9,14,19H,4H2,1-3H3. The maximum Gasteiger partial charge on any atom is 0.122 e. The van der Waals surface area contributed by atoms with Gasteiger partial charge in [-0.1, -0.05) is 12.1 Å². The first-order chi connectivity index (χ1) is 9.04. The third-order valence-corrected chi connectivity index (χ3v) is 3.71. The molecule has 4 nitrogen and oxygen atoms in total. The van der Waals surface area contributed by atoms with Crippen molar-refractivity contribution in [3.63, 3.8) is 0 Å². The Hall–Kier alpha value is -1.33. The molecule has 1 atom stereocenters. The fourth-order valence-corrected chi connectivity index (χ4v) is 2.54. The number of anilines is 1. The van der Waals surface area contributed by atoms with Gasteiger partial charge in [0.2, 0.25) is 0 Å². The van der Waals surface area contributed by atoms with Crippen LogP contribution >= 0.6 is 15.9 Å². The highest BCUT2D eigenvalue weighted by molar-refractivity contribution is 9.10. The van der Waals surface area contributed by atoms with Gasteiger partial charge in [0.15, 0.2) is 0 Å². The van der Waals surface area contributed by atoms with Crippen LogP contribution in [-0.4, -0.2) is 29.0 Å². The van der Waals surface area contributed by atoms with Crippen molar-refractivity contribution in [1.29, 1.82) is 0 Å². The smallest absolute Gasteiger partial charge is 0.122 e. The highest BCUT2D eigenvalue weighted by atomic mass is 79.9. The van der Waals surface area contributed by atoms with Crippen LogP contribution in [0.5, 0.6) is 0 Å². The van der Waals surface area contributed by atoms with E-state index >= 15 is 0 Å². The van der Waals surface area contributed by atoms with Crippen molar-refractivity contribution in [3.05, 3.63) is 46.2 Å². The summed E-state index contributed by atoms with van der Waals surface area (Å²) in [5.74, 6) is 0. The summed E-state index contributed by atoms with van der Waals surface area (Å²) in [4.78, 5) is 2.02. The highest BCUT2D eigenvalue weighted by Gasteiger charge is 2.19. The molecule has 5 heteroatoms.